The average Bonchev–Trinajstić information content (AvgIpc) is 2.70. The van der Waals surface area contributed by atoms with E-state index in [0.717, 1.165) is 17.9 Å². The number of benzene rings is 1. The van der Waals surface area contributed by atoms with Crippen LogP contribution in [0.15, 0.2) is 36.0 Å². The highest BCUT2D eigenvalue weighted by Crippen LogP contribution is 2.20. The Kier molecular flexibility index (Phi) is 3.66. The van der Waals surface area contributed by atoms with Gasteiger partial charge in [-0.2, -0.15) is 0 Å². The van der Waals surface area contributed by atoms with Gasteiger partial charge in [0.25, 0.3) is 0 Å². The monoisotopic (exact) mass is 240 g/mol. The van der Waals surface area contributed by atoms with Gasteiger partial charge < -0.3 is 4.57 Å². The lowest BCUT2D eigenvalue weighted by atomic mass is 10.1. The molecule has 2 rings (SSSR count). The Hall–Kier alpha value is -1.83. The van der Waals surface area contributed by atoms with E-state index in [9.17, 15) is 0 Å². The summed E-state index contributed by atoms with van der Waals surface area (Å²) >= 11 is 0. The van der Waals surface area contributed by atoms with Gasteiger partial charge >= 0.3 is 0 Å². The van der Waals surface area contributed by atoms with Crippen LogP contribution in [0.2, 0.25) is 0 Å². The third kappa shape index (κ3) is 2.70. The summed E-state index contributed by atoms with van der Waals surface area (Å²) in [5.41, 5.74) is 4.84. The average molecular weight is 240 g/mol. The Labute approximate surface area is 109 Å². The van der Waals surface area contributed by atoms with Crippen molar-refractivity contribution >= 4 is 6.20 Å². The van der Waals surface area contributed by atoms with E-state index < -0.39 is 0 Å². The Balaban J connectivity index is 2.36. The van der Waals surface area contributed by atoms with Crippen LogP contribution in [0.1, 0.15) is 32.2 Å². The molecule has 0 aliphatic carbocycles. The van der Waals surface area contributed by atoms with Crippen LogP contribution in [0.25, 0.3) is 17.5 Å². The molecule has 0 spiro atoms. The minimum absolute atomic E-state index is 1.02. The number of hydrogen-bond donors (Lipinski definition) is 0. The molecule has 0 radical (unpaired) electrons. The molecule has 18 heavy (non-hydrogen) atoms. The van der Waals surface area contributed by atoms with E-state index >= 15 is 0 Å². The topological polar surface area (TPSA) is 17.8 Å². The summed E-state index contributed by atoms with van der Waals surface area (Å²) in [7, 11) is 0. The summed E-state index contributed by atoms with van der Waals surface area (Å²) in [5, 5.41) is 0. The number of nitrogens with zero attached hydrogens (tertiary/aromatic N) is 2. The number of allylic oxidation sites excluding steroid dienone is 1. The molecule has 1 heterocycles. The van der Waals surface area contributed by atoms with E-state index in [1.54, 1.807) is 0 Å². The number of aromatic nitrogens is 2. The van der Waals surface area contributed by atoms with E-state index in [-0.39, 0.29) is 0 Å². The summed E-state index contributed by atoms with van der Waals surface area (Å²) < 4.78 is 2.08. The smallest absolute Gasteiger partial charge is 0.110 e. The van der Waals surface area contributed by atoms with Gasteiger partial charge in [0.15, 0.2) is 0 Å². The van der Waals surface area contributed by atoms with Crippen molar-refractivity contribution in [1.29, 1.82) is 0 Å². The van der Waals surface area contributed by atoms with Gasteiger partial charge in [0.1, 0.15) is 5.82 Å². The van der Waals surface area contributed by atoms with Gasteiger partial charge in [-0.25, -0.2) is 4.98 Å². The maximum Gasteiger partial charge on any atom is 0.110 e. The molecule has 2 heteroatoms. The predicted molar refractivity (Wildman–Crippen MR) is 77.4 cm³/mol. The zero-order valence-electron chi connectivity index (χ0n) is 11.6. The molecule has 0 aliphatic rings. The highest BCUT2D eigenvalue weighted by atomic mass is 15.0. The van der Waals surface area contributed by atoms with Gasteiger partial charge in [0, 0.05) is 18.0 Å². The Bertz CT molecular complexity index is 555. The van der Waals surface area contributed by atoms with Crippen LogP contribution >= 0.6 is 0 Å². The van der Waals surface area contributed by atoms with Crippen LogP contribution in [0.4, 0.5) is 0 Å². The van der Waals surface area contributed by atoms with Gasteiger partial charge in [-0.15, -0.1) is 0 Å². The van der Waals surface area contributed by atoms with Crippen molar-refractivity contribution in [1.82, 2.24) is 9.55 Å². The summed E-state index contributed by atoms with van der Waals surface area (Å²) in [5.74, 6) is 1.02. The second kappa shape index (κ2) is 5.21. The SMILES string of the molecule is CCc1ccc(-c2cn(C=C(C)C)c(C)n2)cc1. The van der Waals surface area contributed by atoms with Gasteiger partial charge in [-0.3, -0.25) is 0 Å². The quantitative estimate of drug-likeness (QED) is 0.782. The van der Waals surface area contributed by atoms with Crippen molar-refractivity contribution in [2.75, 3.05) is 0 Å². The number of hydrogen-bond acceptors (Lipinski definition) is 1. The van der Waals surface area contributed by atoms with Crippen LogP contribution in [0.5, 0.6) is 0 Å². The van der Waals surface area contributed by atoms with Gasteiger partial charge in [-0.1, -0.05) is 36.8 Å². The fourth-order valence-corrected chi connectivity index (χ4v) is 1.95. The first kappa shape index (κ1) is 12.6. The van der Waals surface area contributed by atoms with E-state index in [1.165, 1.54) is 16.7 Å². The van der Waals surface area contributed by atoms with E-state index in [0.29, 0.717) is 0 Å². The normalized spacial score (nSPS) is 10.4. The Morgan fingerprint density at radius 2 is 1.89 bits per heavy atom. The van der Waals surface area contributed by atoms with Crippen LogP contribution in [-0.4, -0.2) is 9.55 Å². The largest absolute Gasteiger partial charge is 0.310 e. The lowest BCUT2D eigenvalue weighted by Gasteiger charge is -1.99. The molecule has 1 aromatic carbocycles. The Morgan fingerprint density at radius 1 is 1.22 bits per heavy atom. The molecule has 0 unspecified atom stereocenters. The molecule has 94 valence electrons. The summed E-state index contributed by atoms with van der Waals surface area (Å²) in [6, 6.07) is 8.64. The minimum Gasteiger partial charge on any atom is -0.310 e. The van der Waals surface area contributed by atoms with Crippen LogP contribution < -0.4 is 0 Å². The molecular weight excluding hydrogens is 220 g/mol. The van der Waals surface area contributed by atoms with Crippen molar-refractivity contribution < 1.29 is 0 Å². The molecule has 0 saturated heterocycles. The van der Waals surface area contributed by atoms with Crippen molar-refractivity contribution in [3.8, 4) is 11.3 Å². The third-order valence-corrected chi connectivity index (χ3v) is 2.97. The van der Waals surface area contributed by atoms with Gasteiger partial charge in [-0.05, 0) is 32.8 Å². The van der Waals surface area contributed by atoms with Crippen molar-refractivity contribution in [2.24, 2.45) is 0 Å². The second-order valence-corrected chi connectivity index (χ2v) is 4.84. The number of aryl methyl sites for hydroxylation is 2. The van der Waals surface area contributed by atoms with E-state index in [2.05, 4.69) is 67.0 Å². The predicted octanol–water partition coefficient (Wildman–Crippen LogP) is 4.30. The fourth-order valence-electron chi connectivity index (χ4n) is 1.95. The molecule has 0 saturated carbocycles. The molecule has 0 aliphatic heterocycles. The standard InChI is InChI=1S/C16H20N2/c1-5-14-6-8-15(9-7-14)16-11-18(10-12(2)3)13(4)17-16/h6-11H,5H2,1-4H3. The summed E-state index contributed by atoms with van der Waals surface area (Å²) in [6.07, 6.45) is 5.26. The Morgan fingerprint density at radius 3 is 2.44 bits per heavy atom. The van der Waals surface area contributed by atoms with Crippen molar-refractivity contribution in [3.63, 3.8) is 0 Å². The number of rotatable bonds is 3. The minimum atomic E-state index is 1.02. The molecular formula is C16H20N2. The van der Waals surface area contributed by atoms with Crippen LogP contribution in [-0.2, 0) is 6.42 Å². The lowest BCUT2D eigenvalue weighted by Crippen LogP contribution is -1.87. The zero-order valence-corrected chi connectivity index (χ0v) is 11.6. The lowest BCUT2D eigenvalue weighted by molar-refractivity contribution is 1.02. The first-order valence-electron chi connectivity index (χ1n) is 6.40. The maximum absolute atomic E-state index is 4.61. The summed E-state index contributed by atoms with van der Waals surface area (Å²) in [4.78, 5) is 4.61. The van der Waals surface area contributed by atoms with Crippen LogP contribution in [0.3, 0.4) is 0 Å². The molecule has 1 aromatic heterocycles. The van der Waals surface area contributed by atoms with E-state index in [4.69, 9.17) is 0 Å². The highest BCUT2D eigenvalue weighted by Gasteiger charge is 2.04. The molecule has 0 amide bonds. The molecule has 0 bridgehead atoms. The fraction of sp³-hybridized carbons (Fsp3) is 0.312. The van der Waals surface area contributed by atoms with Gasteiger partial charge in [0.05, 0.1) is 5.69 Å². The second-order valence-electron chi connectivity index (χ2n) is 4.84. The van der Waals surface area contributed by atoms with E-state index in [1.807, 2.05) is 6.92 Å². The highest BCUT2D eigenvalue weighted by molar-refractivity contribution is 5.60. The zero-order chi connectivity index (χ0) is 13.1. The van der Waals surface area contributed by atoms with Crippen LogP contribution in [0, 0.1) is 6.92 Å². The molecule has 0 fully saturated rings. The van der Waals surface area contributed by atoms with Crippen molar-refractivity contribution in [3.05, 3.63) is 47.4 Å². The maximum atomic E-state index is 4.61. The summed E-state index contributed by atoms with van der Waals surface area (Å²) in [6.45, 7) is 8.39. The molecule has 2 aromatic rings. The molecule has 2 nitrogen and oxygen atoms in total. The molecule has 0 atom stereocenters. The van der Waals surface area contributed by atoms with Gasteiger partial charge in [0.2, 0.25) is 0 Å². The number of imidazole rings is 1. The first-order chi connectivity index (χ1) is 8.60. The molecule has 0 N–H and O–H groups in total. The van der Waals surface area contributed by atoms with Crippen molar-refractivity contribution in [2.45, 2.75) is 34.1 Å². The first-order valence-corrected chi connectivity index (χ1v) is 6.40. The third-order valence-electron chi connectivity index (χ3n) is 2.97.